The highest BCUT2D eigenvalue weighted by molar-refractivity contribution is 5.77. The molecular weight excluding hydrogens is 240 g/mol. The molecular formula is C15H22N2O2. The minimum atomic E-state index is 0.154. The van der Waals surface area contributed by atoms with Crippen LogP contribution in [0.25, 0.3) is 0 Å². The summed E-state index contributed by atoms with van der Waals surface area (Å²) in [6, 6.07) is 8.12. The van der Waals surface area contributed by atoms with Crippen LogP contribution in [-0.4, -0.2) is 31.0 Å². The molecule has 0 spiro atoms. The van der Waals surface area contributed by atoms with Crippen LogP contribution in [-0.2, 0) is 4.79 Å². The monoisotopic (exact) mass is 262 g/mol. The predicted octanol–water partition coefficient (Wildman–Crippen LogP) is 2.10. The van der Waals surface area contributed by atoms with Crippen molar-refractivity contribution in [2.45, 2.75) is 31.7 Å². The zero-order chi connectivity index (χ0) is 13.7. The summed E-state index contributed by atoms with van der Waals surface area (Å²) in [4.78, 5) is 14.2. The molecule has 104 valence electrons. The first-order valence-corrected chi connectivity index (χ1v) is 6.90. The van der Waals surface area contributed by atoms with E-state index in [1.54, 1.807) is 7.11 Å². The van der Waals surface area contributed by atoms with Crippen LogP contribution in [0, 0.1) is 0 Å². The average Bonchev–Trinajstić information content (AvgIpc) is 2.94. The Balaban J connectivity index is 2.16. The molecule has 1 aromatic rings. The number of hydrogen-bond donors (Lipinski definition) is 1. The molecule has 0 aliphatic carbocycles. The molecule has 1 unspecified atom stereocenters. The van der Waals surface area contributed by atoms with E-state index in [1.165, 1.54) is 0 Å². The minimum absolute atomic E-state index is 0.154. The first-order chi connectivity index (χ1) is 9.27. The molecule has 1 heterocycles. The lowest BCUT2D eigenvalue weighted by Gasteiger charge is -2.26. The van der Waals surface area contributed by atoms with E-state index in [4.69, 9.17) is 10.5 Å². The molecule has 1 fully saturated rings. The van der Waals surface area contributed by atoms with Gasteiger partial charge in [-0.3, -0.25) is 4.79 Å². The maximum Gasteiger partial charge on any atom is 0.223 e. The number of nitrogens with zero attached hydrogens (tertiary/aromatic N) is 1. The second-order valence-corrected chi connectivity index (χ2v) is 4.88. The van der Waals surface area contributed by atoms with Gasteiger partial charge in [0, 0.05) is 18.5 Å². The van der Waals surface area contributed by atoms with Crippen LogP contribution in [0.1, 0.15) is 37.3 Å². The van der Waals surface area contributed by atoms with Gasteiger partial charge in [0.2, 0.25) is 5.91 Å². The minimum Gasteiger partial charge on any atom is -0.496 e. The van der Waals surface area contributed by atoms with Crippen molar-refractivity contribution < 1.29 is 9.53 Å². The van der Waals surface area contributed by atoms with Gasteiger partial charge in [-0.15, -0.1) is 0 Å². The number of para-hydroxylation sites is 1. The Morgan fingerprint density at radius 1 is 1.47 bits per heavy atom. The summed E-state index contributed by atoms with van der Waals surface area (Å²) in [6.07, 6.45) is 3.36. The molecule has 1 aliphatic heterocycles. The van der Waals surface area contributed by atoms with Crippen molar-refractivity contribution in [2.24, 2.45) is 5.73 Å². The molecule has 0 saturated carbocycles. The summed E-state index contributed by atoms with van der Waals surface area (Å²) in [5, 5.41) is 0. The van der Waals surface area contributed by atoms with Crippen LogP contribution in [0.5, 0.6) is 5.75 Å². The number of methoxy groups -OCH3 is 1. The van der Waals surface area contributed by atoms with Crippen LogP contribution in [0.4, 0.5) is 0 Å². The van der Waals surface area contributed by atoms with Gasteiger partial charge in [0.25, 0.3) is 0 Å². The molecule has 0 radical (unpaired) electrons. The number of amides is 1. The SMILES string of the molecule is COc1ccccc1C1CCCN1C(=O)CCCN. The molecule has 4 heteroatoms. The lowest BCUT2D eigenvalue weighted by atomic mass is 10.0. The molecule has 19 heavy (non-hydrogen) atoms. The van der Waals surface area contributed by atoms with Crippen LogP contribution in [0.2, 0.25) is 0 Å². The van der Waals surface area contributed by atoms with E-state index in [0.717, 1.165) is 37.1 Å². The molecule has 1 amide bonds. The second-order valence-electron chi connectivity index (χ2n) is 4.88. The normalized spacial score (nSPS) is 18.6. The van der Waals surface area contributed by atoms with Crippen molar-refractivity contribution in [3.8, 4) is 5.75 Å². The lowest BCUT2D eigenvalue weighted by molar-refractivity contribution is -0.132. The maximum atomic E-state index is 12.2. The third-order valence-electron chi connectivity index (χ3n) is 3.67. The van der Waals surface area contributed by atoms with E-state index in [1.807, 2.05) is 23.1 Å². The lowest BCUT2D eigenvalue weighted by Crippen LogP contribution is -2.30. The maximum absolute atomic E-state index is 12.2. The number of nitrogens with two attached hydrogens (primary N) is 1. The first-order valence-electron chi connectivity index (χ1n) is 6.90. The van der Waals surface area contributed by atoms with E-state index in [-0.39, 0.29) is 11.9 Å². The fourth-order valence-electron chi connectivity index (χ4n) is 2.73. The Labute approximate surface area is 114 Å². The summed E-state index contributed by atoms with van der Waals surface area (Å²) in [6.45, 7) is 1.41. The topological polar surface area (TPSA) is 55.6 Å². The molecule has 1 aliphatic rings. The number of likely N-dealkylation sites (tertiary alicyclic amines) is 1. The van der Waals surface area contributed by atoms with E-state index < -0.39 is 0 Å². The van der Waals surface area contributed by atoms with Crippen molar-refractivity contribution in [3.63, 3.8) is 0 Å². The zero-order valence-corrected chi connectivity index (χ0v) is 11.5. The van der Waals surface area contributed by atoms with Crippen molar-refractivity contribution in [1.29, 1.82) is 0 Å². The summed E-state index contributed by atoms with van der Waals surface area (Å²) < 4.78 is 5.41. The standard InChI is InChI=1S/C15H22N2O2/c1-19-14-8-3-2-6-12(14)13-7-5-11-17(13)15(18)9-4-10-16/h2-3,6,8,13H,4-5,7,9-11,16H2,1H3. The second kappa shape index (κ2) is 6.57. The Morgan fingerprint density at radius 2 is 2.26 bits per heavy atom. The number of benzene rings is 1. The third-order valence-corrected chi connectivity index (χ3v) is 3.67. The molecule has 1 atom stereocenters. The van der Waals surface area contributed by atoms with Crippen molar-refractivity contribution in [2.75, 3.05) is 20.2 Å². The van der Waals surface area contributed by atoms with E-state index in [9.17, 15) is 4.79 Å². The molecule has 2 N–H and O–H groups in total. The average molecular weight is 262 g/mol. The summed E-state index contributed by atoms with van der Waals surface area (Å²) in [5.41, 5.74) is 6.59. The molecule has 4 nitrogen and oxygen atoms in total. The molecule has 1 saturated heterocycles. The number of rotatable bonds is 5. The van der Waals surface area contributed by atoms with Gasteiger partial charge in [-0.25, -0.2) is 0 Å². The van der Waals surface area contributed by atoms with Crippen LogP contribution in [0.3, 0.4) is 0 Å². The number of carbonyl (C=O) groups is 1. The van der Waals surface area contributed by atoms with Gasteiger partial charge in [0.1, 0.15) is 5.75 Å². The highest BCUT2D eigenvalue weighted by Gasteiger charge is 2.31. The quantitative estimate of drug-likeness (QED) is 0.884. The van der Waals surface area contributed by atoms with Crippen LogP contribution >= 0.6 is 0 Å². The van der Waals surface area contributed by atoms with Crippen LogP contribution < -0.4 is 10.5 Å². The van der Waals surface area contributed by atoms with Gasteiger partial charge in [0.15, 0.2) is 0 Å². The fraction of sp³-hybridized carbons (Fsp3) is 0.533. The van der Waals surface area contributed by atoms with Gasteiger partial charge in [-0.05, 0) is 31.9 Å². The molecule has 2 rings (SSSR count). The number of carbonyl (C=O) groups excluding carboxylic acids is 1. The van der Waals surface area contributed by atoms with Gasteiger partial charge < -0.3 is 15.4 Å². The largest absolute Gasteiger partial charge is 0.496 e. The van der Waals surface area contributed by atoms with E-state index in [2.05, 4.69) is 6.07 Å². The summed E-state index contributed by atoms with van der Waals surface area (Å²) in [5.74, 6) is 1.07. The van der Waals surface area contributed by atoms with Gasteiger partial charge in [-0.2, -0.15) is 0 Å². The van der Waals surface area contributed by atoms with Crippen molar-refractivity contribution >= 4 is 5.91 Å². The number of ether oxygens (including phenoxy) is 1. The fourth-order valence-corrected chi connectivity index (χ4v) is 2.73. The molecule has 0 aromatic heterocycles. The van der Waals surface area contributed by atoms with Gasteiger partial charge >= 0.3 is 0 Å². The highest BCUT2D eigenvalue weighted by Crippen LogP contribution is 2.37. The Bertz CT molecular complexity index is 434. The summed E-state index contributed by atoms with van der Waals surface area (Å²) >= 11 is 0. The molecule has 1 aromatic carbocycles. The van der Waals surface area contributed by atoms with E-state index in [0.29, 0.717) is 13.0 Å². The van der Waals surface area contributed by atoms with Crippen molar-refractivity contribution in [1.82, 2.24) is 4.90 Å². The van der Waals surface area contributed by atoms with E-state index >= 15 is 0 Å². The highest BCUT2D eigenvalue weighted by atomic mass is 16.5. The smallest absolute Gasteiger partial charge is 0.223 e. The first kappa shape index (κ1) is 13.9. The Kier molecular flexibility index (Phi) is 4.80. The predicted molar refractivity (Wildman–Crippen MR) is 75.0 cm³/mol. The Hall–Kier alpha value is -1.55. The van der Waals surface area contributed by atoms with Gasteiger partial charge in [0.05, 0.1) is 13.2 Å². The van der Waals surface area contributed by atoms with Crippen molar-refractivity contribution in [3.05, 3.63) is 29.8 Å². The van der Waals surface area contributed by atoms with Crippen LogP contribution in [0.15, 0.2) is 24.3 Å². The Morgan fingerprint density at radius 3 is 3.00 bits per heavy atom. The third kappa shape index (κ3) is 3.07. The zero-order valence-electron chi connectivity index (χ0n) is 11.5. The number of hydrogen-bond acceptors (Lipinski definition) is 3. The summed E-state index contributed by atoms with van der Waals surface area (Å²) in [7, 11) is 1.67. The van der Waals surface area contributed by atoms with Gasteiger partial charge in [-0.1, -0.05) is 18.2 Å². The molecule has 0 bridgehead atoms.